The highest BCUT2D eigenvalue weighted by atomic mass is 35.5. The van der Waals surface area contributed by atoms with Gasteiger partial charge in [0.2, 0.25) is 0 Å². The highest BCUT2D eigenvalue weighted by Crippen LogP contribution is 2.19. The molecule has 0 bridgehead atoms. The minimum Gasteiger partial charge on any atom is -0.340 e. The maximum absolute atomic E-state index is 6.16. The van der Waals surface area contributed by atoms with Crippen LogP contribution >= 0.6 is 24.8 Å². The van der Waals surface area contributed by atoms with Gasteiger partial charge in [-0.3, -0.25) is 4.98 Å². The molecule has 2 aromatic heterocycles. The van der Waals surface area contributed by atoms with Gasteiger partial charge in [0.1, 0.15) is 5.82 Å². The molecule has 2 heterocycles. The van der Waals surface area contributed by atoms with Gasteiger partial charge in [0.25, 0.3) is 0 Å². The predicted octanol–water partition coefficient (Wildman–Crippen LogP) is 2.85. The second-order valence-electron chi connectivity index (χ2n) is 3.90. The van der Waals surface area contributed by atoms with Gasteiger partial charge in [-0.2, -0.15) is 0 Å². The average molecular weight is 297 g/mol. The Morgan fingerprint density at radius 3 is 2.37 bits per heavy atom. The summed E-state index contributed by atoms with van der Waals surface area (Å²) in [5, 5.41) is 0. The van der Waals surface area contributed by atoms with Crippen molar-refractivity contribution in [1.29, 1.82) is 0 Å². The lowest BCUT2D eigenvalue weighted by Crippen LogP contribution is -2.13. The van der Waals surface area contributed by atoms with E-state index in [0.29, 0.717) is 0 Å². The Morgan fingerprint density at radius 2 is 1.68 bits per heavy atom. The molecule has 3 aromatic rings. The van der Waals surface area contributed by atoms with Crippen LogP contribution in [0.25, 0.3) is 11.0 Å². The molecule has 0 amide bonds. The summed E-state index contributed by atoms with van der Waals surface area (Å²) in [5.41, 5.74) is 9.10. The van der Waals surface area contributed by atoms with E-state index in [0.717, 1.165) is 22.4 Å². The van der Waals surface area contributed by atoms with Gasteiger partial charge in [0, 0.05) is 12.4 Å². The van der Waals surface area contributed by atoms with E-state index < -0.39 is 0 Å². The minimum absolute atomic E-state index is 0. The van der Waals surface area contributed by atoms with Gasteiger partial charge in [0.05, 0.1) is 17.1 Å². The van der Waals surface area contributed by atoms with E-state index in [2.05, 4.69) is 15.0 Å². The number of nitrogens with one attached hydrogen (secondary N) is 1. The number of halogens is 2. The Bertz CT molecular complexity index is 606. The zero-order valence-electron chi connectivity index (χ0n) is 9.98. The van der Waals surface area contributed by atoms with Crippen molar-refractivity contribution in [3.63, 3.8) is 0 Å². The van der Waals surface area contributed by atoms with Gasteiger partial charge in [-0.25, -0.2) is 4.98 Å². The third kappa shape index (κ3) is 3.04. The van der Waals surface area contributed by atoms with Crippen molar-refractivity contribution in [2.75, 3.05) is 0 Å². The van der Waals surface area contributed by atoms with E-state index in [-0.39, 0.29) is 30.9 Å². The van der Waals surface area contributed by atoms with Gasteiger partial charge in [-0.05, 0) is 29.8 Å². The molecule has 6 heteroatoms. The first-order valence-corrected chi connectivity index (χ1v) is 5.45. The molecule has 0 radical (unpaired) electrons. The summed E-state index contributed by atoms with van der Waals surface area (Å²) in [7, 11) is 0. The fourth-order valence-electron chi connectivity index (χ4n) is 1.85. The second-order valence-corrected chi connectivity index (χ2v) is 3.90. The zero-order chi connectivity index (χ0) is 11.7. The molecule has 0 aliphatic rings. The Morgan fingerprint density at radius 1 is 1.00 bits per heavy atom. The molecule has 0 saturated heterocycles. The molecule has 3 rings (SSSR count). The van der Waals surface area contributed by atoms with Crippen LogP contribution in [0.15, 0.2) is 48.8 Å². The number of benzene rings is 1. The lowest BCUT2D eigenvalue weighted by Gasteiger charge is -2.07. The number of hydrogen-bond donors (Lipinski definition) is 2. The van der Waals surface area contributed by atoms with Crippen LogP contribution in [0.5, 0.6) is 0 Å². The topological polar surface area (TPSA) is 67.6 Å². The first kappa shape index (κ1) is 15.4. The van der Waals surface area contributed by atoms with Crippen molar-refractivity contribution in [2.45, 2.75) is 6.04 Å². The molecule has 0 aliphatic heterocycles. The number of pyridine rings is 1. The molecular weight excluding hydrogens is 283 g/mol. The highest BCUT2D eigenvalue weighted by molar-refractivity contribution is 5.85. The molecule has 0 spiro atoms. The first-order valence-electron chi connectivity index (χ1n) is 5.45. The van der Waals surface area contributed by atoms with Crippen LogP contribution in [0, 0.1) is 0 Å². The molecule has 19 heavy (non-hydrogen) atoms. The number of fused-ring (bicyclic) bond motifs is 1. The summed E-state index contributed by atoms with van der Waals surface area (Å²) < 4.78 is 0. The smallest absolute Gasteiger partial charge is 0.128 e. The lowest BCUT2D eigenvalue weighted by atomic mass is 10.1. The standard InChI is InChI=1S/C13H12N4.2ClH/c14-12(9-5-7-15-8-6-9)13-16-10-3-1-2-4-11(10)17-13;;/h1-8,12H,14H2,(H,16,17);2*1H. The number of aromatic nitrogens is 3. The maximum Gasteiger partial charge on any atom is 0.128 e. The van der Waals surface area contributed by atoms with Crippen molar-refractivity contribution < 1.29 is 0 Å². The summed E-state index contributed by atoms with van der Waals surface area (Å²) in [6, 6.07) is 11.5. The number of nitrogens with two attached hydrogens (primary N) is 1. The van der Waals surface area contributed by atoms with Crippen LogP contribution in [0.2, 0.25) is 0 Å². The van der Waals surface area contributed by atoms with Crippen molar-refractivity contribution in [3.8, 4) is 0 Å². The quantitative estimate of drug-likeness (QED) is 0.764. The van der Waals surface area contributed by atoms with Crippen molar-refractivity contribution >= 4 is 35.8 Å². The molecule has 1 unspecified atom stereocenters. The Labute approximate surface area is 123 Å². The summed E-state index contributed by atoms with van der Waals surface area (Å²) in [5.74, 6) is 0.775. The molecule has 4 nitrogen and oxygen atoms in total. The summed E-state index contributed by atoms with van der Waals surface area (Å²) in [6.45, 7) is 0. The van der Waals surface area contributed by atoms with E-state index in [1.54, 1.807) is 12.4 Å². The van der Waals surface area contributed by atoms with Crippen LogP contribution in [0.3, 0.4) is 0 Å². The third-order valence-electron chi connectivity index (χ3n) is 2.77. The lowest BCUT2D eigenvalue weighted by molar-refractivity contribution is 0.803. The molecule has 100 valence electrons. The zero-order valence-corrected chi connectivity index (χ0v) is 11.6. The van der Waals surface area contributed by atoms with Crippen molar-refractivity contribution in [2.24, 2.45) is 5.73 Å². The van der Waals surface area contributed by atoms with Gasteiger partial charge in [-0.1, -0.05) is 12.1 Å². The van der Waals surface area contributed by atoms with Crippen LogP contribution in [0.1, 0.15) is 17.4 Å². The SMILES string of the molecule is Cl.Cl.NC(c1ccncc1)c1nc2ccccc2[nH]1. The normalized spacial score (nSPS) is 11.4. The number of para-hydroxylation sites is 2. The van der Waals surface area contributed by atoms with E-state index in [1.807, 2.05) is 36.4 Å². The fraction of sp³-hybridized carbons (Fsp3) is 0.0769. The molecule has 0 fully saturated rings. The monoisotopic (exact) mass is 296 g/mol. The van der Waals surface area contributed by atoms with Gasteiger partial charge in [0.15, 0.2) is 0 Å². The number of nitrogens with zero attached hydrogens (tertiary/aromatic N) is 2. The highest BCUT2D eigenvalue weighted by Gasteiger charge is 2.12. The largest absolute Gasteiger partial charge is 0.340 e. The van der Waals surface area contributed by atoms with E-state index in [1.165, 1.54) is 0 Å². The predicted molar refractivity (Wildman–Crippen MR) is 80.9 cm³/mol. The van der Waals surface area contributed by atoms with Crippen LogP contribution < -0.4 is 5.73 Å². The van der Waals surface area contributed by atoms with Gasteiger partial charge in [-0.15, -0.1) is 24.8 Å². The Balaban J connectivity index is 0.000000902. The van der Waals surface area contributed by atoms with Crippen LogP contribution in [-0.4, -0.2) is 15.0 Å². The van der Waals surface area contributed by atoms with Crippen molar-refractivity contribution in [3.05, 3.63) is 60.2 Å². The molecule has 3 N–H and O–H groups in total. The summed E-state index contributed by atoms with van der Waals surface area (Å²) in [6.07, 6.45) is 3.47. The first-order chi connectivity index (χ1) is 8.34. The molecular formula is C13H14Cl2N4. The number of imidazole rings is 1. The van der Waals surface area contributed by atoms with Crippen LogP contribution in [0.4, 0.5) is 0 Å². The Kier molecular flexibility index (Phi) is 5.30. The third-order valence-corrected chi connectivity index (χ3v) is 2.77. The van der Waals surface area contributed by atoms with Gasteiger partial charge < -0.3 is 10.7 Å². The molecule has 1 aromatic carbocycles. The molecule has 1 atom stereocenters. The van der Waals surface area contributed by atoms with E-state index >= 15 is 0 Å². The number of H-pyrrole nitrogens is 1. The average Bonchev–Trinajstić information content (AvgIpc) is 2.82. The number of rotatable bonds is 2. The maximum atomic E-state index is 6.16. The van der Waals surface area contributed by atoms with Gasteiger partial charge >= 0.3 is 0 Å². The fourth-order valence-corrected chi connectivity index (χ4v) is 1.85. The number of hydrogen-bond acceptors (Lipinski definition) is 3. The Hall–Kier alpha value is -1.62. The summed E-state index contributed by atoms with van der Waals surface area (Å²) >= 11 is 0. The number of aromatic amines is 1. The van der Waals surface area contributed by atoms with Crippen molar-refractivity contribution in [1.82, 2.24) is 15.0 Å². The van der Waals surface area contributed by atoms with E-state index in [4.69, 9.17) is 5.73 Å². The molecule has 0 aliphatic carbocycles. The van der Waals surface area contributed by atoms with Crippen LogP contribution in [-0.2, 0) is 0 Å². The van der Waals surface area contributed by atoms with E-state index in [9.17, 15) is 0 Å². The summed E-state index contributed by atoms with van der Waals surface area (Å²) in [4.78, 5) is 11.7. The minimum atomic E-state index is -0.245. The second kappa shape index (κ2) is 6.52. The molecule has 0 saturated carbocycles.